The van der Waals surface area contributed by atoms with Crippen molar-refractivity contribution in [3.63, 3.8) is 0 Å². The Morgan fingerprint density at radius 2 is 2.12 bits per heavy atom. The normalized spacial score (nSPS) is 15.3. The van der Waals surface area contributed by atoms with Gasteiger partial charge >= 0.3 is 0 Å². The average molecular weight is 368 g/mol. The summed E-state index contributed by atoms with van der Waals surface area (Å²) in [4.78, 5) is 28.5. The third-order valence-corrected chi connectivity index (χ3v) is 5.65. The van der Waals surface area contributed by atoms with Crippen molar-refractivity contribution in [2.45, 2.75) is 12.8 Å². The van der Waals surface area contributed by atoms with Gasteiger partial charge < -0.3 is 15.2 Å². The zero-order chi connectivity index (χ0) is 18.1. The zero-order valence-corrected chi connectivity index (χ0v) is 15.3. The summed E-state index contributed by atoms with van der Waals surface area (Å²) in [6, 6.07) is 4.07. The fraction of sp³-hybridized carbons (Fsp3) is 0.333. The quantitative estimate of drug-likeness (QED) is 0.763. The third-order valence-electron chi connectivity index (χ3n) is 4.77. The Morgan fingerprint density at radius 1 is 1.31 bits per heavy atom. The molecule has 8 heteroatoms. The maximum atomic E-state index is 11.4. The molecule has 1 aliphatic heterocycles. The SMILES string of the molecule is Cn1ccnc1-c1cnc(N2CCC(C(N)=O)CC2)nc1-c1cccs1. The number of rotatable bonds is 4. The van der Waals surface area contributed by atoms with Crippen molar-refractivity contribution in [3.8, 4) is 22.0 Å². The molecule has 2 N–H and O–H groups in total. The van der Waals surface area contributed by atoms with Crippen molar-refractivity contribution in [3.05, 3.63) is 36.1 Å². The number of thiophene rings is 1. The van der Waals surface area contributed by atoms with Crippen LogP contribution < -0.4 is 10.6 Å². The largest absolute Gasteiger partial charge is 0.369 e. The summed E-state index contributed by atoms with van der Waals surface area (Å²) >= 11 is 1.65. The molecule has 4 heterocycles. The van der Waals surface area contributed by atoms with Crippen molar-refractivity contribution in [1.29, 1.82) is 0 Å². The molecular weight excluding hydrogens is 348 g/mol. The topological polar surface area (TPSA) is 89.9 Å². The van der Waals surface area contributed by atoms with Crippen LogP contribution in [0.2, 0.25) is 0 Å². The zero-order valence-electron chi connectivity index (χ0n) is 14.5. The highest BCUT2D eigenvalue weighted by Crippen LogP contribution is 2.33. The summed E-state index contributed by atoms with van der Waals surface area (Å²) in [6.07, 6.45) is 7.02. The van der Waals surface area contributed by atoms with Gasteiger partial charge in [-0.15, -0.1) is 11.3 Å². The first-order valence-corrected chi connectivity index (χ1v) is 9.44. The molecular formula is C18H20N6OS. The Kier molecular flexibility index (Phi) is 4.42. The molecule has 7 nitrogen and oxygen atoms in total. The van der Waals surface area contributed by atoms with E-state index in [1.807, 2.05) is 35.5 Å². The predicted octanol–water partition coefficient (Wildman–Crippen LogP) is 2.31. The van der Waals surface area contributed by atoms with Crippen LogP contribution in [-0.4, -0.2) is 38.5 Å². The van der Waals surface area contributed by atoms with Crippen LogP contribution in [0.5, 0.6) is 0 Å². The molecule has 26 heavy (non-hydrogen) atoms. The lowest BCUT2D eigenvalue weighted by Crippen LogP contribution is -2.39. The van der Waals surface area contributed by atoms with Crippen LogP contribution in [0.3, 0.4) is 0 Å². The molecule has 1 saturated heterocycles. The van der Waals surface area contributed by atoms with Crippen molar-refractivity contribution in [2.24, 2.45) is 18.7 Å². The number of carbonyl (C=O) groups is 1. The van der Waals surface area contributed by atoms with Crippen LogP contribution in [0.4, 0.5) is 5.95 Å². The van der Waals surface area contributed by atoms with Gasteiger partial charge in [-0.05, 0) is 24.3 Å². The van der Waals surface area contributed by atoms with E-state index in [0.29, 0.717) is 5.95 Å². The number of hydrogen-bond acceptors (Lipinski definition) is 6. The first-order chi connectivity index (χ1) is 12.6. The van der Waals surface area contributed by atoms with E-state index >= 15 is 0 Å². The molecule has 0 atom stereocenters. The number of amides is 1. The number of carbonyl (C=O) groups excluding carboxylic acids is 1. The number of hydrogen-bond donors (Lipinski definition) is 1. The summed E-state index contributed by atoms with van der Waals surface area (Å²) in [5.74, 6) is 1.27. The molecule has 4 rings (SSSR count). The number of imidazole rings is 1. The second kappa shape index (κ2) is 6.87. The van der Waals surface area contributed by atoms with Crippen LogP contribution in [0.1, 0.15) is 12.8 Å². The lowest BCUT2D eigenvalue weighted by molar-refractivity contribution is -0.122. The molecule has 0 saturated carbocycles. The Balaban J connectivity index is 1.70. The fourth-order valence-corrected chi connectivity index (χ4v) is 4.01. The first kappa shape index (κ1) is 16.7. The Bertz CT molecular complexity index is 912. The maximum absolute atomic E-state index is 11.4. The summed E-state index contributed by atoms with van der Waals surface area (Å²) in [7, 11) is 1.96. The Hall–Kier alpha value is -2.74. The van der Waals surface area contributed by atoms with Crippen molar-refractivity contribution < 1.29 is 4.79 Å². The number of nitrogens with two attached hydrogens (primary N) is 1. The maximum Gasteiger partial charge on any atom is 0.225 e. The highest BCUT2D eigenvalue weighted by Gasteiger charge is 2.25. The van der Waals surface area contributed by atoms with Gasteiger partial charge in [0, 0.05) is 44.6 Å². The predicted molar refractivity (Wildman–Crippen MR) is 102 cm³/mol. The number of nitrogens with zero attached hydrogens (tertiary/aromatic N) is 5. The summed E-state index contributed by atoms with van der Waals surface area (Å²) in [5, 5.41) is 2.04. The van der Waals surface area contributed by atoms with Crippen LogP contribution in [0.25, 0.3) is 22.0 Å². The lowest BCUT2D eigenvalue weighted by atomic mass is 9.96. The minimum absolute atomic E-state index is 0.0464. The minimum atomic E-state index is -0.213. The molecule has 134 valence electrons. The molecule has 0 aliphatic carbocycles. The highest BCUT2D eigenvalue weighted by atomic mass is 32.1. The smallest absolute Gasteiger partial charge is 0.225 e. The molecule has 0 unspecified atom stereocenters. The van der Waals surface area contributed by atoms with E-state index in [9.17, 15) is 4.79 Å². The van der Waals surface area contributed by atoms with Gasteiger partial charge in [0.25, 0.3) is 0 Å². The van der Waals surface area contributed by atoms with Crippen molar-refractivity contribution in [2.75, 3.05) is 18.0 Å². The molecule has 0 bridgehead atoms. The monoisotopic (exact) mass is 368 g/mol. The molecule has 0 aromatic carbocycles. The molecule has 3 aromatic heterocycles. The van der Waals surface area contributed by atoms with Crippen LogP contribution in [0.15, 0.2) is 36.1 Å². The highest BCUT2D eigenvalue weighted by molar-refractivity contribution is 7.13. The van der Waals surface area contributed by atoms with Crippen LogP contribution in [0, 0.1) is 5.92 Å². The molecule has 0 spiro atoms. The Morgan fingerprint density at radius 3 is 2.73 bits per heavy atom. The first-order valence-electron chi connectivity index (χ1n) is 8.56. The van der Waals surface area contributed by atoms with Gasteiger partial charge in [0.15, 0.2) is 0 Å². The second-order valence-corrected chi connectivity index (χ2v) is 7.38. The summed E-state index contributed by atoms with van der Waals surface area (Å²) in [6.45, 7) is 1.47. The van der Waals surface area contributed by atoms with Crippen LogP contribution in [-0.2, 0) is 11.8 Å². The third kappa shape index (κ3) is 3.08. The van der Waals surface area contributed by atoms with E-state index in [1.165, 1.54) is 0 Å². The fourth-order valence-electron chi connectivity index (χ4n) is 3.28. The van der Waals surface area contributed by atoms with Crippen LogP contribution >= 0.6 is 11.3 Å². The van der Waals surface area contributed by atoms with E-state index in [0.717, 1.165) is 47.9 Å². The number of primary amides is 1. The molecule has 0 radical (unpaired) electrons. The average Bonchev–Trinajstić information content (AvgIpc) is 3.33. The minimum Gasteiger partial charge on any atom is -0.369 e. The summed E-state index contributed by atoms with van der Waals surface area (Å²) < 4.78 is 1.97. The van der Waals surface area contributed by atoms with Gasteiger partial charge in [0.1, 0.15) is 5.82 Å². The molecule has 3 aromatic rings. The molecule has 1 amide bonds. The van der Waals surface area contributed by atoms with E-state index in [1.54, 1.807) is 17.5 Å². The van der Waals surface area contributed by atoms with E-state index in [-0.39, 0.29) is 11.8 Å². The van der Waals surface area contributed by atoms with Gasteiger partial charge in [-0.1, -0.05) is 6.07 Å². The number of piperidine rings is 1. The van der Waals surface area contributed by atoms with Crippen molar-refractivity contribution in [1.82, 2.24) is 19.5 Å². The van der Waals surface area contributed by atoms with Crippen molar-refractivity contribution >= 4 is 23.2 Å². The summed E-state index contributed by atoms with van der Waals surface area (Å²) in [5.41, 5.74) is 7.23. The van der Waals surface area contributed by atoms with Gasteiger partial charge in [-0.25, -0.2) is 15.0 Å². The van der Waals surface area contributed by atoms with E-state index in [4.69, 9.17) is 10.7 Å². The number of aromatic nitrogens is 4. The molecule has 1 fully saturated rings. The van der Waals surface area contributed by atoms with E-state index < -0.39 is 0 Å². The van der Waals surface area contributed by atoms with Gasteiger partial charge in [-0.2, -0.15) is 0 Å². The number of anilines is 1. The lowest BCUT2D eigenvalue weighted by Gasteiger charge is -2.30. The number of aryl methyl sites for hydroxylation is 1. The van der Waals surface area contributed by atoms with E-state index in [2.05, 4.69) is 20.9 Å². The van der Waals surface area contributed by atoms with Gasteiger partial charge in [0.2, 0.25) is 11.9 Å². The van der Waals surface area contributed by atoms with Gasteiger partial charge in [-0.3, -0.25) is 4.79 Å². The van der Waals surface area contributed by atoms with Gasteiger partial charge in [0.05, 0.1) is 16.1 Å². The Labute approximate surface area is 155 Å². The standard InChI is InChI=1S/C18H20N6OS/c1-23-9-6-20-17(23)13-11-21-18(22-15(13)14-3-2-10-26-14)24-7-4-12(5-8-24)16(19)25/h2-3,6,9-12H,4-5,7-8H2,1H3,(H2,19,25). The second-order valence-electron chi connectivity index (χ2n) is 6.44. The molecule has 1 aliphatic rings.